The molecule has 0 spiro atoms. The molecule has 1 amide bonds. The average molecular weight is 237 g/mol. The van der Waals surface area contributed by atoms with E-state index in [1.807, 2.05) is 0 Å². The van der Waals surface area contributed by atoms with Gasteiger partial charge in [0.25, 0.3) is 5.91 Å². The number of amides is 1. The van der Waals surface area contributed by atoms with E-state index in [0.29, 0.717) is 5.56 Å². The van der Waals surface area contributed by atoms with Crippen LogP contribution in [0.1, 0.15) is 10.4 Å². The zero-order chi connectivity index (χ0) is 12.4. The van der Waals surface area contributed by atoms with Crippen LogP contribution in [-0.2, 0) is 0 Å². The first kappa shape index (κ1) is 12.0. The van der Waals surface area contributed by atoms with Crippen molar-refractivity contribution in [3.05, 3.63) is 35.9 Å². The van der Waals surface area contributed by atoms with Gasteiger partial charge in [-0.1, -0.05) is 18.2 Å². The number of hydrogen-bond acceptors (Lipinski definition) is 4. The van der Waals surface area contributed by atoms with Gasteiger partial charge in [-0.2, -0.15) is 0 Å². The van der Waals surface area contributed by atoms with E-state index >= 15 is 0 Å². The Hall–Kier alpha value is -1.43. The molecule has 0 saturated carbocycles. The van der Waals surface area contributed by atoms with Crippen LogP contribution in [0.25, 0.3) is 0 Å². The molecule has 3 N–H and O–H groups in total. The predicted molar refractivity (Wildman–Crippen MR) is 60.4 cm³/mol. The van der Waals surface area contributed by atoms with Crippen molar-refractivity contribution >= 4 is 5.91 Å². The van der Waals surface area contributed by atoms with Crippen LogP contribution in [0.15, 0.2) is 30.3 Å². The first-order valence-electron chi connectivity index (χ1n) is 5.48. The molecule has 5 nitrogen and oxygen atoms in total. The molecule has 1 aromatic carbocycles. The maximum absolute atomic E-state index is 12.0. The number of likely N-dealkylation sites (tertiary alicyclic amines) is 1. The number of hydrogen-bond donors (Lipinski definition) is 3. The molecule has 0 aliphatic carbocycles. The fourth-order valence-electron chi connectivity index (χ4n) is 1.93. The number of aliphatic hydroxyl groups is 3. The molecule has 0 radical (unpaired) electrons. The Balaban J connectivity index is 2.11. The third kappa shape index (κ3) is 2.46. The van der Waals surface area contributed by atoms with Crippen LogP contribution >= 0.6 is 0 Å². The van der Waals surface area contributed by atoms with Crippen LogP contribution in [0.3, 0.4) is 0 Å². The molecular formula is C12H15NO4. The number of rotatable bonds is 1. The molecule has 1 aliphatic rings. The largest absolute Gasteiger partial charge is 0.388 e. The molecule has 2 atom stereocenters. The fourth-order valence-corrected chi connectivity index (χ4v) is 1.93. The third-order valence-electron chi connectivity index (χ3n) is 2.91. The molecule has 17 heavy (non-hydrogen) atoms. The summed E-state index contributed by atoms with van der Waals surface area (Å²) >= 11 is 0. The Kier molecular flexibility index (Phi) is 3.42. The molecular weight excluding hydrogens is 222 g/mol. The quantitative estimate of drug-likeness (QED) is 0.599. The summed E-state index contributed by atoms with van der Waals surface area (Å²) in [7, 11) is 0. The molecule has 1 fully saturated rings. The van der Waals surface area contributed by atoms with Gasteiger partial charge in [-0.25, -0.2) is 0 Å². The van der Waals surface area contributed by atoms with Gasteiger partial charge in [-0.3, -0.25) is 4.79 Å². The lowest BCUT2D eigenvalue weighted by Crippen LogP contribution is -2.56. The van der Waals surface area contributed by atoms with Gasteiger partial charge in [0.15, 0.2) is 0 Å². The lowest BCUT2D eigenvalue weighted by molar-refractivity contribution is -0.101. The number of piperidine rings is 1. The second kappa shape index (κ2) is 4.83. The Morgan fingerprint density at radius 3 is 2.12 bits per heavy atom. The minimum absolute atomic E-state index is 0.0337. The van der Waals surface area contributed by atoms with E-state index in [1.165, 1.54) is 4.90 Å². The average Bonchev–Trinajstić information content (AvgIpc) is 2.35. The van der Waals surface area contributed by atoms with E-state index in [2.05, 4.69) is 0 Å². The van der Waals surface area contributed by atoms with E-state index in [4.69, 9.17) is 0 Å². The summed E-state index contributed by atoms with van der Waals surface area (Å²) in [6, 6.07) is 8.65. The number of β-amino-alcohol motifs (C(OH)–C–C–N with tert-alkyl or cyclic N) is 2. The van der Waals surface area contributed by atoms with Crippen molar-refractivity contribution in [2.75, 3.05) is 13.1 Å². The van der Waals surface area contributed by atoms with Gasteiger partial charge in [-0.05, 0) is 12.1 Å². The van der Waals surface area contributed by atoms with Crippen molar-refractivity contribution in [2.24, 2.45) is 0 Å². The minimum atomic E-state index is -1.19. The minimum Gasteiger partial charge on any atom is -0.388 e. The molecule has 1 heterocycles. The van der Waals surface area contributed by atoms with Crippen molar-refractivity contribution in [2.45, 2.75) is 18.3 Å². The molecule has 5 heteroatoms. The number of aliphatic hydroxyl groups excluding tert-OH is 3. The molecule has 1 aliphatic heterocycles. The van der Waals surface area contributed by atoms with E-state index in [0.717, 1.165) is 0 Å². The number of benzene rings is 1. The molecule has 0 bridgehead atoms. The highest BCUT2D eigenvalue weighted by Gasteiger charge is 2.35. The molecule has 92 valence electrons. The first-order valence-corrected chi connectivity index (χ1v) is 5.48. The highest BCUT2D eigenvalue weighted by molar-refractivity contribution is 5.94. The molecule has 2 unspecified atom stereocenters. The number of nitrogens with zero attached hydrogens (tertiary/aromatic N) is 1. The van der Waals surface area contributed by atoms with Crippen molar-refractivity contribution in [1.29, 1.82) is 0 Å². The normalized spacial score (nSPS) is 29.1. The van der Waals surface area contributed by atoms with Crippen LogP contribution in [0.4, 0.5) is 0 Å². The van der Waals surface area contributed by atoms with Gasteiger partial charge >= 0.3 is 0 Å². The SMILES string of the molecule is O=C(c1ccccc1)N1CC(O)C(O)C(O)C1. The zero-order valence-corrected chi connectivity index (χ0v) is 9.23. The van der Waals surface area contributed by atoms with Gasteiger partial charge in [0.1, 0.15) is 18.3 Å². The maximum Gasteiger partial charge on any atom is 0.254 e. The van der Waals surface area contributed by atoms with Crippen LogP contribution in [0, 0.1) is 0 Å². The third-order valence-corrected chi connectivity index (χ3v) is 2.91. The second-order valence-corrected chi connectivity index (χ2v) is 4.20. The smallest absolute Gasteiger partial charge is 0.254 e. The molecule has 1 saturated heterocycles. The lowest BCUT2D eigenvalue weighted by Gasteiger charge is -2.36. The standard InChI is InChI=1S/C12H15NO4/c14-9-6-13(7-10(15)11(9)16)12(17)8-4-2-1-3-5-8/h1-5,9-11,14-16H,6-7H2. The van der Waals surface area contributed by atoms with E-state index in [1.54, 1.807) is 30.3 Å². The fraction of sp³-hybridized carbons (Fsp3) is 0.417. The van der Waals surface area contributed by atoms with Crippen molar-refractivity contribution in [1.82, 2.24) is 4.90 Å². The number of carbonyl (C=O) groups excluding carboxylic acids is 1. The monoisotopic (exact) mass is 237 g/mol. The lowest BCUT2D eigenvalue weighted by atomic mass is 10.0. The molecule has 0 aromatic heterocycles. The topological polar surface area (TPSA) is 81.0 Å². The van der Waals surface area contributed by atoms with Crippen molar-refractivity contribution < 1.29 is 20.1 Å². The summed E-state index contributed by atoms with van der Waals surface area (Å²) in [5.41, 5.74) is 0.503. The predicted octanol–water partition coefficient (Wildman–Crippen LogP) is -0.775. The maximum atomic E-state index is 12.0. The Labute approximate surface area is 98.9 Å². The van der Waals surface area contributed by atoms with Crippen molar-refractivity contribution in [3.8, 4) is 0 Å². The highest BCUT2D eigenvalue weighted by atomic mass is 16.4. The highest BCUT2D eigenvalue weighted by Crippen LogP contribution is 2.14. The van der Waals surface area contributed by atoms with Gasteiger partial charge in [0.2, 0.25) is 0 Å². The van der Waals surface area contributed by atoms with E-state index in [-0.39, 0.29) is 19.0 Å². The van der Waals surface area contributed by atoms with Crippen LogP contribution < -0.4 is 0 Å². The van der Waals surface area contributed by atoms with Gasteiger partial charge < -0.3 is 20.2 Å². The molecule has 2 rings (SSSR count). The first-order chi connectivity index (χ1) is 8.09. The Morgan fingerprint density at radius 1 is 1.06 bits per heavy atom. The summed E-state index contributed by atoms with van der Waals surface area (Å²) in [6.45, 7) is 0.0674. The van der Waals surface area contributed by atoms with Gasteiger partial charge in [0, 0.05) is 18.7 Å². The summed E-state index contributed by atoms with van der Waals surface area (Å²) in [4.78, 5) is 13.4. The van der Waals surface area contributed by atoms with Crippen LogP contribution in [-0.4, -0.2) is 57.5 Å². The van der Waals surface area contributed by atoms with Crippen LogP contribution in [0.5, 0.6) is 0 Å². The van der Waals surface area contributed by atoms with E-state index < -0.39 is 18.3 Å². The van der Waals surface area contributed by atoms with E-state index in [9.17, 15) is 20.1 Å². The van der Waals surface area contributed by atoms with Gasteiger partial charge in [0.05, 0.1) is 0 Å². The molecule has 1 aromatic rings. The number of carbonyl (C=O) groups is 1. The van der Waals surface area contributed by atoms with Crippen LogP contribution in [0.2, 0.25) is 0 Å². The summed E-state index contributed by atoms with van der Waals surface area (Å²) in [5, 5.41) is 28.4. The summed E-state index contributed by atoms with van der Waals surface area (Å²) in [5.74, 6) is -0.254. The summed E-state index contributed by atoms with van der Waals surface area (Å²) in [6.07, 6.45) is -3.40. The van der Waals surface area contributed by atoms with Crippen molar-refractivity contribution in [3.63, 3.8) is 0 Å². The Morgan fingerprint density at radius 2 is 1.59 bits per heavy atom. The zero-order valence-electron chi connectivity index (χ0n) is 9.23. The summed E-state index contributed by atoms with van der Waals surface area (Å²) < 4.78 is 0. The Bertz CT molecular complexity index is 383. The van der Waals surface area contributed by atoms with Gasteiger partial charge in [-0.15, -0.1) is 0 Å². The second-order valence-electron chi connectivity index (χ2n) is 4.20.